The van der Waals surface area contributed by atoms with Gasteiger partial charge in [-0.2, -0.15) is 13.2 Å². The van der Waals surface area contributed by atoms with Gasteiger partial charge in [-0.15, -0.1) is 11.3 Å². The highest BCUT2D eigenvalue weighted by Crippen LogP contribution is 2.37. The van der Waals surface area contributed by atoms with Crippen molar-refractivity contribution in [1.82, 2.24) is 10.3 Å². The largest absolute Gasteiger partial charge is 0.507 e. The molecule has 146 valence electrons. The lowest BCUT2D eigenvalue weighted by atomic mass is 10.1. The molecule has 0 bridgehead atoms. The van der Waals surface area contributed by atoms with E-state index in [9.17, 15) is 27.5 Å². The number of aromatic hydroxyl groups is 1. The van der Waals surface area contributed by atoms with Crippen molar-refractivity contribution < 1.29 is 27.5 Å². The summed E-state index contributed by atoms with van der Waals surface area (Å²) in [6, 6.07) is 8.27. The van der Waals surface area contributed by atoms with Gasteiger partial charge in [0.1, 0.15) is 16.6 Å². The van der Waals surface area contributed by atoms with E-state index in [1.165, 1.54) is 0 Å². The Morgan fingerprint density at radius 2 is 1.89 bits per heavy atom. The molecule has 4 nitrogen and oxygen atoms in total. The van der Waals surface area contributed by atoms with Gasteiger partial charge >= 0.3 is 6.18 Å². The van der Waals surface area contributed by atoms with Crippen molar-refractivity contribution in [3.63, 3.8) is 0 Å². The van der Waals surface area contributed by atoms with E-state index in [2.05, 4.69) is 10.3 Å². The molecule has 1 amide bonds. The van der Waals surface area contributed by atoms with Gasteiger partial charge in [0.2, 0.25) is 0 Å². The predicted octanol–water partition coefficient (Wildman–Crippen LogP) is 5.26. The first-order valence-corrected chi connectivity index (χ1v) is 8.99. The van der Waals surface area contributed by atoms with E-state index >= 15 is 0 Å². The number of phenols is 1. The van der Waals surface area contributed by atoms with Crippen molar-refractivity contribution in [2.75, 3.05) is 0 Å². The Morgan fingerprint density at radius 1 is 1.21 bits per heavy atom. The molecule has 0 saturated heterocycles. The highest BCUT2D eigenvalue weighted by atomic mass is 35.5. The second kappa shape index (κ2) is 7.76. The molecule has 2 aromatic carbocycles. The summed E-state index contributed by atoms with van der Waals surface area (Å²) >= 11 is 6.38. The Morgan fingerprint density at radius 3 is 2.50 bits per heavy atom. The van der Waals surface area contributed by atoms with Crippen LogP contribution in [-0.4, -0.2) is 16.0 Å². The maximum Gasteiger partial charge on any atom is 0.434 e. The predicted molar refractivity (Wildman–Crippen MR) is 96.8 cm³/mol. The van der Waals surface area contributed by atoms with Crippen LogP contribution in [0.15, 0.2) is 41.8 Å². The fourth-order valence-corrected chi connectivity index (χ4v) is 3.29. The van der Waals surface area contributed by atoms with Gasteiger partial charge < -0.3 is 10.4 Å². The van der Waals surface area contributed by atoms with Crippen molar-refractivity contribution in [3.8, 4) is 16.3 Å². The molecule has 2 N–H and O–H groups in total. The van der Waals surface area contributed by atoms with Crippen LogP contribution in [0.1, 0.15) is 21.6 Å². The number of hydrogen-bond donors (Lipinski definition) is 2. The number of alkyl halides is 3. The Labute approximate surface area is 165 Å². The van der Waals surface area contributed by atoms with Crippen LogP contribution < -0.4 is 5.32 Å². The van der Waals surface area contributed by atoms with Gasteiger partial charge in [0.15, 0.2) is 5.69 Å². The zero-order valence-corrected chi connectivity index (χ0v) is 15.4. The second-order valence-electron chi connectivity index (χ2n) is 5.69. The quantitative estimate of drug-likeness (QED) is 0.555. The third-order valence-corrected chi connectivity index (χ3v) is 4.85. The molecular formula is C18H11ClF4N2O2S. The van der Waals surface area contributed by atoms with Crippen molar-refractivity contribution in [1.29, 1.82) is 0 Å². The third-order valence-electron chi connectivity index (χ3n) is 3.72. The summed E-state index contributed by atoms with van der Waals surface area (Å²) < 4.78 is 52.3. The molecule has 28 heavy (non-hydrogen) atoms. The normalized spacial score (nSPS) is 11.5. The number of nitrogens with zero attached hydrogens (tertiary/aromatic N) is 1. The fourth-order valence-electron chi connectivity index (χ4n) is 2.31. The van der Waals surface area contributed by atoms with Crippen LogP contribution in [0.4, 0.5) is 17.6 Å². The van der Waals surface area contributed by atoms with Gasteiger partial charge in [0.05, 0.1) is 11.1 Å². The van der Waals surface area contributed by atoms with Crippen LogP contribution in [0, 0.1) is 5.82 Å². The van der Waals surface area contributed by atoms with E-state index in [1.54, 1.807) is 24.3 Å². The van der Waals surface area contributed by atoms with Crippen molar-refractivity contribution in [3.05, 3.63) is 69.4 Å². The Hall–Kier alpha value is -2.65. The van der Waals surface area contributed by atoms with Gasteiger partial charge in [-0.1, -0.05) is 23.7 Å². The number of carbonyl (C=O) groups is 1. The number of benzene rings is 2. The van der Waals surface area contributed by atoms with Crippen LogP contribution in [-0.2, 0) is 12.7 Å². The number of carbonyl (C=O) groups excluding carboxylic acids is 1. The summed E-state index contributed by atoms with van der Waals surface area (Å²) in [6.45, 7) is 0.0966. The van der Waals surface area contributed by atoms with Crippen LogP contribution >= 0.6 is 22.9 Å². The number of nitrogens with one attached hydrogen (secondary N) is 1. The van der Waals surface area contributed by atoms with E-state index in [0.29, 0.717) is 16.4 Å². The van der Waals surface area contributed by atoms with E-state index in [4.69, 9.17) is 11.6 Å². The average Bonchev–Trinajstić information content (AvgIpc) is 3.13. The highest BCUT2D eigenvalue weighted by molar-refractivity contribution is 7.13. The summed E-state index contributed by atoms with van der Waals surface area (Å²) in [5.74, 6) is -2.34. The van der Waals surface area contributed by atoms with E-state index in [-0.39, 0.29) is 17.1 Å². The minimum absolute atomic E-state index is 0.0966. The zero-order valence-electron chi connectivity index (χ0n) is 13.8. The number of aromatic nitrogens is 1. The van der Waals surface area contributed by atoms with E-state index in [0.717, 1.165) is 23.1 Å². The number of thiazole rings is 1. The standard InChI is InChI=1S/C18H11ClF4N2O2S/c19-10-3-1-9(2-4-10)7-24-16(27)11-6-14(26)12(5-13(11)20)17-25-15(8-28-17)18(21,22)23/h1-6,8,26H,7H2,(H,24,27). The maximum absolute atomic E-state index is 14.4. The fraction of sp³-hybridized carbons (Fsp3) is 0.111. The summed E-state index contributed by atoms with van der Waals surface area (Å²) in [5, 5.41) is 13.6. The van der Waals surface area contributed by atoms with E-state index in [1.807, 2.05) is 0 Å². The minimum atomic E-state index is -4.65. The first kappa shape index (κ1) is 20.1. The SMILES string of the molecule is O=C(NCc1ccc(Cl)cc1)c1cc(O)c(-c2nc(C(F)(F)F)cs2)cc1F. The number of rotatable bonds is 4. The molecule has 0 radical (unpaired) electrons. The second-order valence-corrected chi connectivity index (χ2v) is 6.99. The number of hydrogen-bond acceptors (Lipinski definition) is 4. The molecule has 0 fully saturated rings. The first-order chi connectivity index (χ1) is 13.1. The van der Waals surface area contributed by atoms with Crippen molar-refractivity contribution >= 4 is 28.8 Å². The number of amides is 1. The Balaban J connectivity index is 1.80. The van der Waals surface area contributed by atoms with Crippen molar-refractivity contribution in [2.24, 2.45) is 0 Å². The molecule has 0 saturated carbocycles. The number of phenolic OH excluding ortho intramolecular Hbond substituents is 1. The van der Waals surface area contributed by atoms with E-state index < -0.39 is 34.9 Å². The van der Waals surface area contributed by atoms with Crippen LogP contribution in [0.5, 0.6) is 5.75 Å². The summed E-state index contributed by atoms with van der Waals surface area (Å²) in [5.41, 5.74) is -1.09. The molecule has 1 aromatic heterocycles. The zero-order chi connectivity index (χ0) is 20.5. The molecule has 1 heterocycles. The summed E-state index contributed by atoms with van der Waals surface area (Å²) in [7, 11) is 0. The lowest BCUT2D eigenvalue weighted by molar-refractivity contribution is -0.140. The molecule has 0 aliphatic heterocycles. The smallest absolute Gasteiger partial charge is 0.434 e. The summed E-state index contributed by atoms with van der Waals surface area (Å²) in [6.07, 6.45) is -4.65. The highest BCUT2D eigenvalue weighted by Gasteiger charge is 2.34. The van der Waals surface area contributed by atoms with Gasteiger partial charge in [-0.25, -0.2) is 9.37 Å². The molecule has 0 atom stereocenters. The molecule has 0 aliphatic carbocycles. The topological polar surface area (TPSA) is 62.2 Å². The summed E-state index contributed by atoms with van der Waals surface area (Å²) in [4.78, 5) is 15.6. The lowest BCUT2D eigenvalue weighted by Crippen LogP contribution is -2.23. The molecule has 0 unspecified atom stereocenters. The lowest BCUT2D eigenvalue weighted by Gasteiger charge is -2.09. The molecule has 0 spiro atoms. The molecular weight excluding hydrogens is 420 g/mol. The van der Waals surface area contributed by atoms with Crippen molar-refractivity contribution in [2.45, 2.75) is 12.7 Å². The van der Waals surface area contributed by atoms with Crippen LogP contribution in [0.25, 0.3) is 10.6 Å². The van der Waals surface area contributed by atoms with Crippen LogP contribution in [0.2, 0.25) is 5.02 Å². The van der Waals surface area contributed by atoms with Crippen LogP contribution in [0.3, 0.4) is 0 Å². The Bertz CT molecular complexity index is 1020. The third kappa shape index (κ3) is 4.42. The minimum Gasteiger partial charge on any atom is -0.507 e. The Kier molecular flexibility index (Phi) is 5.57. The molecule has 3 aromatic rings. The van der Waals surface area contributed by atoms with Gasteiger partial charge in [0, 0.05) is 16.9 Å². The average molecular weight is 431 g/mol. The van der Waals surface area contributed by atoms with Gasteiger partial charge in [0.25, 0.3) is 5.91 Å². The molecule has 3 rings (SSSR count). The van der Waals surface area contributed by atoms with Gasteiger partial charge in [-0.3, -0.25) is 4.79 Å². The first-order valence-electron chi connectivity index (χ1n) is 7.73. The maximum atomic E-state index is 14.4. The molecule has 10 heteroatoms. The molecule has 0 aliphatic rings. The number of halogens is 5. The monoisotopic (exact) mass is 430 g/mol. The van der Waals surface area contributed by atoms with Gasteiger partial charge in [-0.05, 0) is 29.8 Å².